The minimum Gasteiger partial charge on any atom is -0.331 e. The van der Waals surface area contributed by atoms with Crippen LogP contribution in [0.5, 0.6) is 0 Å². The number of H-pyrrole nitrogens is 1. The van der Waals surface area contributed by atoms with Gasteiger partial charge in [0.15, 0.2) is 0 Å². The Morgan fingerprint density at radius 3 is 2.50 bits per heavy atom. The minimum absolute atomic E-state index is 0.0315. The molecule has 0 bridgehead atoms. The molecule has 2 aliphatic rings. The van der Waals surface area contributed by atoms with Gasteiger partial charge in [0.25, 0.3) is 0 Å². The molecular formula is C22H31N5O. The fraction of sp³-hybridized carbons (Fsp3) is 0.545. The summed E-state index contributed by atoms with van der Waals surface area (Å²) >= 11 is 0. The molecule has 1 fully saturated rings. The van der Waals surface area contributed by atoms with E-state index in [0.717, 1.165) is 62.4 Å². The lowest BCUT2D eigenvalue weighted by atomic mass is 10.1. The van der Waals surface area contributed by atoms with Crippen LogP contribution in [0.2, 0.25) is 0 Å². The molecule has 28 heavy (non-hydrogen) atoms. The first-order valence-electron chi connectivity index (χ1n) is 10.4. The molecule has 2 heterocycles. The largest absolute Gasteiger partial charge is 0.331 e. The molecule has 150 valence electrons. The van der Waals surface area contributed by atoms with Gasteiger partial charge in [-0.2, -0.15) is 5.10 Å². The van der Waals surface area contributed by atoms with Crippen LogP contribution in [0.3, 0.4) is 0 Å². The molecule has 1 aromatic carbocycles. The van der Waals surface area contributed by atoms with E-state index < -0.39 is 0 Å². The van der Waals surface area contributed by atoms with Crippen LogP contribution in [0.4, 0.5) is 4.79 Å². The van der Waals surface area contributed by atoms with Crippen molar-refractivity contribution in [3.05, 3.63) is 52.3 Å². The molecular weight excluding hydrogens is 350 g/mol. The third kappa shape index (κ3) is 3.78. The van der Waals surface area contributed by atoms with Crippen molar-refractivity contribution in [1.82, 2.24) is 25.3 Å². The van der Waals surface area contributed by atoms with Gasteiger partial charge in [0.05, 0.1) is 11.7 Å². The smallest absolute Gasteiger partial charge is 0.317 e. The number of nitrogens with zero attached hydrogens (tertiary/aromatic N) is 3. The van der Waals surface area contributed by atoms with E-state index in [-0.39, 0.29) is 12.1 Å². The van der Waals surface area contributed by atoms with E-state index in [1.807, 2.05) is 25.7 Å². The average Bonchev–Trinajstić information content (AvgIpc) is 3.15. The van der Waals surface area contributed by atoms with E-state index in [2.05, 4.69) is 44.7 Å². The highest BCUT2D eigenvalue weighted by atomic mass is 16.2. The van der Waals surface area contributed by atoms with Crippen LogP contribution in [-0.2, 0) is 12.8 Å². The maximum atomic E-state index is 12.9. The second-order valence-corrected chi connectivity index (χ2v) is 8.23. The molecule has 0 radical (unpaired) electrons. The summed E-state index contributed by atoms with van der Waals surface area (Å²) in [6.45, 7) is 9.63. The van der Waals surface area contributed by atoms with E-state index in [9.17, 15) is 4.79 Å². The third-order valence-corrected chi connectivity index (χ3v) is 6.32. The quantitative estimate of drug-likeness (QED) is 0.859. The Kier molecular flexibility index (Phi) is 5.40. The summed E-state index contributed by atoms with van der Waals surface area (Å²) in [7, 11) is 0. The maximum Gasteiger partial charge on any atom is 0.317 e. The van der Waals surface area contributed by atoms with Crippen molar-refractivity contribution in [3.8, 4) is 0 Å². The molecule has 1 aliphatic carbocycles. The Labute approximate surface area is 167 Å². The lowest BCUT2D eigenvalue weighted by molar-refractivity contribution is 0.186. The van der Waals surface area contributed by atoms with Gasteiger partial charge in [0.1, 0.15) is 0 Å². The molecule has 2 amide bonds. The summed E-state index contributed by atoms with van der Waals surface area (Å²) in [5, 5.41) is 10.4. The van der Waals surface area contributed by atoms with E-state index in [0.29, 0.717) is 6.04 Å². The number of urea groups is 1. The number of hydrogen-bond donors (Lipinski definition) is 2. The number of carbonyl (C=O) groups excluding carboxylic acids is 1. The van der Waals surface area contributed by atoms with Crippen molar-refractivity contribution in [2.75, 3.05) is 26.2 Å². The third-order valence-electron chi connectivity index (χ3n) is 6.32. The zero-order valence-electron chi connectivity index (χ0n) is 17.2. The Hall–Kier alpha value is -2.34. The lowest BCUT2D eigenvalue weighted by Crippen LogP contribution is -2.44. The Balaban J connectivity index is 1.33. The van der Waals surface area contributed by atoms with Gasteiger partial charge in [0, 0.05) is 43.5 Å². The second-order valence-electron chi connectivity index (χ2n) is 8.23. The van der Waals surface area contributed by atoms with E-state index >= 15 is 0 Å². The van der Waals surface area contributed by atoms with Gasteiger partial charge < -0.3 is 10.2 Å². The van der Waals surface area contributed by atoms with Crippen molar-refractivity contribution in [2.45, 2.75) is 52.1 Å². The Morgan fingerprint density at radius 1 is 1.14 bits per heavy atom. The molecule has 6 heteroatoms. The summed E-state index contributed by atoms with van der Waals surface area (Å²) in [5.74, 6) is 0. The SMILES string of the molecule is Cc1n[nH]c(C)c1[C@H](C)NC(=O)N1CCCN(C2Cc3ccccc3C2)CC1. The predicted octanol–water partition coefficient (Wildman–Crippen LogP) is 2.97. The number of aryl methyl sites for hydroxylation is 2. The van der Waals surface area contributed by atoms with E-state index in [1.165, 1.54) is 11.1 Å². The first-order chi connectivity index (χ1) is 13.5. The number of nitrogens with one attached hydrogen (secondary N) is 2. The van der Waals surface area contributed by atoms with Crippen LogP contribution in [0.25, 0.3) is 0 Å². The highest BCUT2D eigenvalue weighted by Crippen LogP contribution is 2.26. The molecule has 1 atom stereocenters. The highest BCUT2D eigenvalue weighted by molar-refractivity contribution is 5.74. The molecule has 0 unspecified atom stereocenters. The fourth-order valence-electron chi connectivity index (χ4n) is 4.85. The van der Waals surface area contributed by atoms with Crippen LogP contribution in [0.15, 0.2) is 24.3 Å². The van der Waals surface area contributed by atoms with E-state index in [4.69, 9.17) is 0 Å². The summed E-state index contributed by atoms with van der Waals surface area (Å²) < 4.78 is 0. The number of carbonyl (C=O) groups is 1. The van der Waals surface area contributed by atoms with Crippen LogP contribution in [0.1, 0.15) is 47.5 Å². The normalized spacial score (nSPS) is 19.3. The first kappa shape index (κ1) is 19.0. The van der Waals surface area contributed by atoms with Gasteiger partial charge in [-0.3, -0.25) is 10.00 Å². The van der Waals surface area contributed by atoms with Gasteiger partial charge in [-0.15, -0.1) is 0 Å². The second kappa shape index (κ2) is 7.95. The summed E-state index contributed by atoms with van der Waals surface area (Å²) in [4.78, 5) is 17.4. The number of rotatable bonds is 3. The van der Waals surface area contributed by atoms with Gasteiger partial charge >= 0.3 is 6.03 Å². The van der Waals surface area contributed by atoms with Gasteiger partial charge in [-0.1, -0.05) is 24.3 Å². The molecule has 0 saturated carbocycles. The lowest BCUT2D eigenvalue weighted by Gasteiger charge is -2.28. The van der Waals surface area contributed by atoms with Crippen LogP contribution < -0.4 is 5.32 Å². The predicted molar refractivity (Wildman–Crippen MR) is 110 cm³/mol. The van der Waals surface area contributed by atoms with Gasteiger partial charge in [0.2, 0.25) is 0 Å². The Morgan fingerprint density at radius 2 is 1.86 bits per heavy atom. The number of amides is 2. The van der Waals surface area contributed by atoms with Gasteiger partial charge in [-0.25, -0.2) is 4.79 Å². The minimum atomic E-state index is -0.0464. The summed E-state index contributed by atoms with van der Waals surface area (Å²) in [6, 6.07) is 9.36. The van der Waals surface area contributed by atoms with E-state index in [1.54, 1.807) is 0 Å². The molecule has 6 nitrogen and oxygen atoms in total. The molecule has 0 spiro atoms. The monoisotopic (exact) mass is 381 g/mol. The molecule has 2 N–H and O–H groups in total. The maximum absolute atomic E-state index is 12.9. The zero-order valence-corrected chi connectivity index (χ0v) is 17.2. The fourth-order valence-corrected chi connectivity index (χ4v) is 4.85. The number of aromatic amines is 1. The van der Waals surface area contributed by atoms with Crippen molar-refractivity contribution in [1.29, 1.82) is 0 Å². The molecule has 4 rings (SSSR count). The van der Waals surface area contributed by atoms with Crippen LogP contribution in [-0.4, -0.2) is 58.2 Å². The van der Waals surface area contributed by atoms with Crippen molar-refractivity contribution in [2.24, 2.45) is 0 Å². The first-order valence-corrected chi connectivity index (χ1v) is 10.4. The number of aromatic nitrogens is 2. The summed E-state index contributed by atoms with van der Waals surface area (Å²) in [5.41, 5.74) is 6.05. The number of fused-ring (bicyclic) bond motifs is 1. The van der Waals surface area contributed by atoms with Crippen molar-refractivity contribution in [3.63, 3.8) is 0 Å². The van der Waals surface area contributed by atoms with Crippen molar-refractivity contribution >= 4 is 6.03 Å². The topological polar surface area (TPSA) is 64.3 Å². The average molecular weight is 382 g/mol. The standard InChI is InChI=1S/C22H31N5O/c1-15(21-16(2)24-25-17(21)3)23-22(28)27-10-6-9-26(11-12-27)20-13-18-7-4-5-8-19(18)14-20/h4-5,7-8,15,20H,6,9-14H2,1-3H3,(H,23,28)(H,24,25)/t15-/m0/s1. The number of hydrogen-bond acceptors (Lipinski definition) is 3. The molecule has 1 aromatic heterocycles. The van der Waals surface area contributed by atoms with Crippen LogP contribution in [0, 0.1) is 13.8 Å². The zero-order chi connectivity index (χ0) is 19.7. The number of benzene rings is 1. The molecule has 2 aromatic rings. The Bertz CT molecular complexity index is 801. The molecule has 1 saturated heterocycles. The van der Waals surface area contributed by atoms with Gasteiger partial charge in [-0.05, 0) is 51.2 Å². The highest BCUT2D eigenvalue weighted by Gasteiger charge is 2.29. The van der Waals surface area contributed by atoms with Crippen molar-refractivity contribution < 1.29 is 4.79 Å². The summed E-state index contributed by atoms with van der Waals surface area (Å²) in [6.07, 6.45) is 3.30. The molecule has 1 aliphatic heterocycles. The van der Waals surface area contributed by atoms with Crippen LogP contribution >= 0.6 is 0 Å².